The van der Waals surface area contributed by atoms with E-state index in [0.717, 1.165) is 29.5 Å². The first-order chi connectivity index (χ1) is 13.8. The molecule has 5 nitrogen and oxygen atoms in total. The van der Waals surface area contributed by atoms with Gasteiger partial charge in [0, 0.05) is 22.8 Å². The Balaban J connectivity index is 1.68. The molecular formula is C19H16ClF3N4OS. The second kappa shape index (κ2) is 8.87. The third kappa shape index (κ3) is 5.30. The fraction of sp³-hybridized carbons (Fsp3) is 0.211. The second-order valence-corrected chi connectivity index (χ2v) is 7.36. The highest BCUT2D eigenvalue weighted by molar-refractivity contribution is 7.99. The second-order valence-electron chi connectivity index (χ2n) is 5.98. The Labute approximate surface area is 174 Å². The SMILES string of the molecule is CCn1c(SCC(=O)Nc2cccc(C(F)(F)F)c2)nnc1-c1cccc(Cl)c1. The number of hydrogen-bond donors (Lipinski definition) is 1. The van der Waals surface area contributed by atoms with Crippen LogP contribution in [-0.2, 0) is 17.5 Å². The van der Waals surface area contributed by atoms with Gasteiger partial charge in [-0.1, -0.05) is 41.6 Å². The van der Waals surface area contributed by atoms with Crippen molar-refractivity contribution in [1.82, 2.24) is 14.8 Å². The van der Waals surface area contributed by atoms with Gasteiger partial charge in [-0.05, 0) is 37.3 Å². The van der Waals surface area contributed by atoms with Gasteiger partial charge in [0.05, 0.1) is 11.3 Å². The number of nitrogens with one attached hydrogen (secondary N) is 1. The molecule has 0 fully saturated rings. The normalized spacial score (nSPS) is 11.5. The molecule has 0 saturated carbocycles. The smallest absolute Gasteiger partial charge is 0.325 e. The zero-order valence-electron chi connectivity index (χ0n) is 15.2. The number of amides is 1. The highest BCUT2D eigenvalue weighted by Crippen LogP contribution is 2.31. The predicted molar refractivity (Wildman–Crippen MR) is 107 cm³/mol. The first kappa shape index (κ1) is 21.2. The molecule has 1 heterocycles. The molecule has 3 rings (SSSR count). The number of hydrogen-bond acceptors (Lipinski definition) is 4. The summed E-state index contributed by atoms with van der Waals surface area (Å²) < 4.78 is 40.2. The van der Waals surface area contributed by atoms with Crippen molar-refractivity contribution in [3.8, 4) is 11.4 Å². The number of carbonyl (C=O) groups is 1. The van der Waals surface area contributed by atoms with E-state index in [1.165, 1.54) is 12.1 Å². The fourth-order valence-electron chi connectivity index (χ4n) is 2.62. The minimum Gasteiger partial charge on any atom is -0.325 e. The van der Waals surface area contributed by atoms with E-state index in [4.69, 9.17) is 11.6 Å². The van der Waals surface area contributed by atoms with Crippen molar-refractivity contribution < 1.29 is 18.0 Å². The maximum absolute atomic E-state index is 12.8. The summed E-state index contributed by atoms with van der Waals surface area (Å²) in [5.74, 6) is 0.157. The Kier molecular flexibility index (Phi) is 6.49. The quantitative estimate of drug-likeness (QED) is 0.523. The number of nitrogens with zero attached hydrogens (tertiary/aromatic N) is 3. The number of rotatable bonds is 6. The minimum atomic E-state index is -4.47. The van der Waals surface area contributed by atoms with E-state index in [-0.39, 0.29) is 11.4 Å². The summed E-state index contributed by atoms with van der Waals surface area (Å²) in [6.45, 7) is 2.50. The Bertz CT molecular complexity index is 1020. The van der Waals surface area contributed by atoms with E-state index < -0.39 is 17.6 Å². The average molecular weight is 441 g/mol. The van der Waals surface area contributed by atoms with Crippen LogP contribution in [0.25, 0.3) is 11.4 Å². The van der Waals surface area contributed by atoms with Gasteiger partial charge in [-0.25, -0.2) is 0 Å². The molecule has 0 radical (unpaired) electrons. The van der Waals surface area contributed by atoms with Crippen molar-refractivity contribution in [2.75, 3.05) is 11.1 Å². The number of benzene rings is 2. The molecule has 10 heteroatoms. The van der Waals surface area contributed by atoms with E-state index in [1.807, 2.05) is 23.6 Å². The largest absolute Gasteiger partial charge is 0.416 e. The fourth-order valence-corrected chi connectivity index (χ4v) is 3.61. The summed E-state index contributed by atoms with van der Waals surface area (Å²) in [7, 11) is 0. The number of aromatic nitrogens is 3. The van der Waals surface area contributed by atoms with Crippen LogP contribution in [0.15, 0.2) is 53.7 Å². The van der Waals surface area contributed by atoms with Crippen LogP contribution >= 0.6 is 23.4 Å². The van der Waals surface area contributed by atoms with Crippen LogP contribution in [0.3, 0.4) is 0 Å². The van der Waals surface area contributed by atoms with Crippen molar-refractivity contribution >= 4 is 35.0 Å². The zero-order valence-corrected chi connectivity index (χ0v) is 16.8. The number of thioether (sulfide) groups is 1. The Morgan fingerprint density at radius 3 is 2.62 bits per heavy atom. The van der Waals surface area contributed by atoms with Crippen molar-refractivity contribution in [2.24, 2.45) is 0 Å². The van der Waals surface area contributed by atoms with Gasteiger partial charge in [0.25, 0.3) is 0 Å². The summed E-state index contributed by atoms with van der Waals surface area (Å²) in [4.78, 5) is 12.2. The number of halogens is 4. The topological polar surface area (TPSA) is 59.8 Å². The summed E-state index contributed by atoms with van der Waals surface area (Å²) in [6.07, 6.45) is -4.47. The number of anilines is 1. The highest BCUT2D eigenvalue weighted by Gasteiger charge is 2.30. The van der Waals surface area contributed by atoms with Crippen LogP contribution in [0.2, 0.25) is 5.02 Å². The summed E-state index contributed by atoms with van der Waals surface area (Å²) in [5, 5.41) is 11.9. The first-order valence-electron chi connectivity index (χ1n) is 8.57. The predicted octanol–water partition coefficient (Wildman–Crippen LogP) is 5.37. The van der Waals surface area contributed by atoms with Crippen LogP contribution in [0.5, 0.6) is 0 Å². The van der Waals surface area contributed by atoms with Crippen LogP contribution < -0.4 is 5.32 Å². The van der Waals surface area contributed by atoms with Crippen LogP contribution in [0.1, 0.15) is 12.5 Å². The Morgan fingerprint density at radius 1 is 1.17 bits per heavy atom. The lowest BCUT2D eigenvalue weighted by molar-refractivity contribution is -0.137. The van der Waals surface area contributed by atoms with Crippen molar-refractivity contribution in [3.05, 3.63) is 59.1 Å². The molecule has 29 heavy (non-hydrogen) atoms. The first-order valence-corrected chi connectivity index (χ1v) is 9.93. The monoisotopic (exact) mass is 440 g/mol. The Hall–Kier alpha value is -2.52. The molecule has 0 spiro atoms. The van der Waals surface area contributed by atoms with E-state index in [0.29, 0.717) is 22.5 Å². The van der Waals surface area contributed by atoms with Gasteiger partial charge >= 0.3 is 6.18 Å². The standard InChI is InChI=1S/C19H16ClF3N4OS/c1-2-27-17(12-5-3-7-14(20)9-12)25-26-18(27)29-11-16(28)24-15-8-4-6-13(10-15)19(21,22)23/h3-10H,2,11H2,1H3,(H,24,28). The zero-order chi connectivity index (χ0) is 21.0. The van der Waals surface area contributed by atoms with E-state index in [1.54, 1.807) is 12.1 Å². The third-order valence-electron chi connectivity index (χ3n) is 3.92. The molecule has 0 aliphatic rings. The molecule has 1 N–H and O–H groups in total. The maximum atomic E-state index is 12.8. The number of alkyl halides is 3. The van der Waals surface area contributed by atoms with Crippen molar-refractivity contribution in [3.63, 3.8) is 0 Å². The molecule has 152 valence electrons. The number of carbonyl (C=O) groups excluding carboxylic acids is 1. The van der Waals surface area contributed by atoms with Gasteiger partial charge in [0.2, 0.25) is 5.91 Å². The molecule has 1 amide bonds. The van der Waals surface area contributed by atoms with Crippen LogP contribution in [0.4, 0.5) is 18.9 Å². The van der Waals surface area contributed by atoms with Gasteiger partial charge < -0.3 is 9.88 Å². The van der Waals surface area contributed by atoms with Crippen LogP contribution in [0, 0.1) is 0 Å². The molecule has 0 atom stereocenters. The molecular weight excluding hydrogens is 425 g/mol. The van der Waals surface area contributed by atoms with E-state index in [2.05, 4.69) is 15.5 Å². The van der Waals surface area contributed by atoms with Crippen molar-refractivity contribution in [2.45, 2.75) is 24.8 Å². The van der Waals surface area contributed by atoms with Crippen LogP contribution in [-0.4, -0.2) is 26.4 Å². The minimum absolute atomic E-state index is 0.0239. The summed E-state index contributed by atoms with van der Waals surface area (Å²) >= 11 is 7.18. The molecule has 0 unspecified atom stereocenters. The summed E-state index contributed by atoms with van der Waals surface area (Å²) in [6, 6.07) is 11.7. The maximum Gasteiger partial charge on any atom is 0.416 e. The lowest BCUT2D eigenvalue weighted by atomic mass is 10.2. The lowest BCUT2D eigenvalue weighted by Crippen LogP contribution is -2.15. The third-order valence-corrected chi connectivity index (χ3v) is 5.12. The molecule has 0 bridgehead atoms. The molecule has 0 saturated heterocycles. The molecule has 0 aliphatic carbocycles. The molecule has 0 aliphatic heterocycles. The van der Waals surface area contributed by atoms with Crippen molar-refractivity contribution in [1.29, 1.82) is 0 Å². The molecule has 2 aromatic carbocycles. The Morgan fingerprint density at radius 2 is 1.93 bits per heavy atom. The van der Waals surface area contributed by atoms with E-state index in [9.17, 15) is 18.0 Å². The van der Waals surface area contributed by atoms with Gasteiger partial charge in [0.15, 0.2) is 11.0 Å². The van der Waals surface area contributed by atoms with Gasteiger partial charge in [-0.3, -0.25) is 4.79 Å². The van der Waals surface area contributed by atoms with Gasteiger partial charge in [-0.2, -0.15) is 13.2 Å². The highest BCUT2D eigenvalue weighted by atomic mass is 35.5. The average Bonchev–Trinajstić information content (AvgIpc) is 3.09. The van der Waals surface area contributed by atoms with E-state index >= 15 is 0 Å². The van der Waals surface area contributed by atoms with Gasteiger partial charge in [0.1, 0.15) is 0 Å². The van der Waals surface area contributed by atoms with Gasteiger partial charge in [-0.15, -0.1) is 10.2 Å². The summed E-state index contributed by atoms with van der Waals surface area (Å²) in [5.41, 5.74) is 0.0639. The lowest BCUT2D eigenvalue weighted by Gasteiger charge is -2.10. The molecule has 3 aromatic rings. The molecule has 1 aromatic heterocycles.